The Morgan fingerprint density at radius 1 is 1.18 bits per heavy atom. The van der Waals surface area contributed by atoms with Gasteiger partial charge in [0.05, 0.1) is 18.2 Å². The number of amides is 2. The summed E-state index contributed by atoms with van der Waals surface area (Å²) in [5.41, 5.74) is 2.53. The van der Waals surface area contributed by atoms with Crippen molar-refractivity contribution in [1.29, 1.82) is 0 Å². The number of urea groups is 1. The molecule has 1 atom stereocenters. The van der Waals surface area contributed by atoms with E-state index in [9.17, 15) is 14.0 Å². The van der Waals surface area contributed by atoms with E-state index in [1.807, 2.05) is 30.3 Å². The summed E-state index contributed by atoms with van der Waals surface area (Å²) < 4.78 is 19.0. The van der Waals surface area contributed by atoms with Gasteiger partial charge in [0.1, 0.15) is 5.82 Å². The van der Waals surface area contributed by atoms with E-state index >= 15 is 0 Å². The first-order chi connectivity index (χ1) is 16.5. The number of ether oxygens (including phenoxy) is 1. The Morgan fingerprint density at radius 3 is 2.68 bits per heavy atom. The molecule has 0 bridgehead atoms. The van der Waals surface area contributed by atoms with Crippen LogP contribution in [0.25, 0.3) is 0 Å². The number of nitrogens with zero attached hydrogens (tertiary/aromatic N) is 2. The number of nitrogens with one attached hydrogen (secondary N) is 3. The first kappa shape index (κ1) is 23.7. The van der Waals surface area contributed by atoms with E-state index in [4.69, 9.17) is 4.74 Å². The predicted molar refractivity (Wildman–Crippen MR) is 129 cm³/mol. The van der Waals surface area contributed by atoms with Crippen LogP contribution in [0.1, 0.15) is 24.1 Å². The topological polar surface area (TPSA) is 105 Å². The molecule has 11 heteroatoms. The molecule has 1 aliphatic heterocycles. The summed E-state index contributed by atoms with van der Waals surface area (Å²) in [5.74, 6) is -0.468. The lowest BCUT2D eigenvalue weighted by atomic mass is 9.95. The number of esters is 1. The maximum atomic E-state index is 13.1. The van der Waals surface area contributed by atoms with Gasteiger partial charge in [0.25, 0.3) is 0 Å². The molecule has 0 fully saturated rings. The minimum atomic E-state index is -0.619. The molecule has 4 rings (SSSR count). The molecular formula is C23H22FN5O3S2. The van der Waals surface area contributed by atoms with Gasteiger partial charge in [-0.15, -0.1) is 10.2 Å². The Bertz CT molecular complexity index is 1180. The van der Waals surface area contributed by atoms with Crippen molar-refractivity contribution >= 4 is 40.2 Å². The third-order valence-electron chi connectivity index (χ3n) is 4.89. The smallest absolute Gasteiger partial charge is 0.338 e. The highest BCUT2D eigenvalue weighted by atomic mass is 32.2. The van der Waals surface area contributed by atoms with Crippen molar-refractivity contribution < 1.29 is 18.7 Å². The molecule has 34 heavy (non-hydrogen) atoms. The maximum Gasteiger partial charge on any atom is 0.338 e. The molecule has 1 aliphatic rings. The molecule has 2 heterocycles. The first-order valence-corrected chi connectivity index (χ1v) is 12.3. The average Bonchev–Trinajstić information content (AvgIpc) is 3.30. The Hall–Kier alpha value is -3.44. The Kier molecular flexibility index (Phi) is 7.76. The largest absolute Gasteiger partial charge is 0.463 e. The second kappa shape index (κ2) is 11.1. The number of carbonyl (C=O) groups is 2. The van der Waals surface area contributed by atoms with Crippen LogP contribution in [0.2, 0.25) is 0 Å². The van der Waals surface area contributed by atoms with E-state index < -0.39 is 18.0 Å². The molecule has 0 aliphatic carbocycles. The van der Waals surface area contributed by atoms with Crippen LogP contribution in [0.4, 0.5) is 14.3 Å². The molecule has 3 aromatic rings. The zero-order chi connectivity index (χ0) is 23.9. The molecule has 176 valence electrons. The van der Waals surface area contributed by atoms with E-state index in [-0.39, 0.29) is 12.4 Å². The lowest BCUT2D eigenvalue weighted by molar-refractivity contribution is -0.139. The fraction of sp³-hybridized carbons (Fsp3) is 0.217. The summed E-state index contributed by atoms with van der Waals surface area (Å²) in [7, 11) is 0. The van der Waals surface area contributed by atoms with Gasteiger partial charge in [0, 0.05) is 18.0 Å². The normalized spacial score (nSPS) is 15.5. The molecule has 1 unspecified atom stereocenters. The number of halogens is 1. The average molecular weight is 500 g/mol. The van der Waals surface area contributed by atoms with Crippen LogP contribution in [0, 0.1) is 5.82 Å². The Balaban J connectivity index is 1.48. The van der Waals surface area contributed by atoms with Gasteiger partial charge in [-0.1, -0.05) is 65.6 Å². The van der Waals surface area contributed by atoms with Crippen molar-refractivity contribution in [3.63, 3.8) is 0 Å². The van der Waals surface area contributed by atoms with Gasteiger partial charge in [-0.05, 0) is 30.2 Å². The second-order valence-electron chi connectivity index (χ2n) is 7.20. The lowest BCUT2D eigenvalue weighted by Gasteiger charge is -2.29. The summed E-state index contributed by atoms with van der Waals surface area (Å²) in [6.07, 6.45) is 0. The van der Waals surface area contributed by atoms with Crippen LogP contribution < -0.4 is 16.0 Å². The van der Waals surface area contributed by atoms with Gasteiger partial charge in [-0.3, -0.25) is 0 Å². The fourth-order valence-electron chi connectivity index (χ4n) is 3.33. The third kappa shape index (κ3) is 5.91. The number of hydrogen-bond donors (Lipinski definition) is 3. The summed E-state index contributed by atoms with van der Waals surface area (Å²) in [6.45, 7) is 2.44. The van der Waals surface area contributed by atoms with Crippen molar-refractivity contribution in [2.24, 2.45) is 0 Å². The Labute approximate surface area is 204 Å². The highest BCUT2D eigenvalue weighted by molar-refractivity contribution is 8.01. The van der Waals surface area contributed by atoms with Gasteiger partial charge in [-0.25, -0.2) is 14.0 Å². The SMILES string of the molecule is CCOC(=O)C1=C(CSc2nnc(NCc3ccc(F)cc3)s2)NC(=O)NC1c1ccccc1. The van der Waals surface area contributed by atoms with E-state index in [1.54, 1.807) is 19.1 Å². The molecule has 0 saturated carbocycles. The zero-order valence-corrected chi connectivity index (χ0v) is 19.8. The Morgan fingerprint density at radius 2 is 1.94 bits per heavy atom. The summed E-state index contributed by atoms with van der Waals surface area (Å²) in [5, 5.41) is 17.6. The highest BCUT2D eigenvalue weighted by Crippen LogP contribution is 2.32. The first-order valence-electron chi connectivity index (χ1n) is 10.5. The summed E-state index contributed by atoms with van der Waals surface area (Å²) >= 11 is 2.71. The molecule has 2 amide bonds. The summed E-state index contributed by atoms with van der Waals surface area (Å²) in [6, 6.07) is 14.5. The standard InChI is InChI=1S/C23H22FN5O3S2/c1-2-32-20(30)18-17(26-21(31)27-19(18)15-6-4-3-5-7-15)13-33-23-29-28-22(34-23)25-12-14-8-10-16(24)11-9-14/h3-11,19H,2,12-13H2,1H3,(H,25,28)(H2,26,27,31). The minimum absolute atomic E-state index is 0.220. The van der Waals surface area contributed by atoms with Crippen LogP contribution in [0.5, 0.6) is 0 Å². The molecule has 2 aromatic carbocycles. The number of carbonyl (C=O) groups excluding carboxylic acids is 2. The molecular weight excluding hydrogens is 477 g/mol. The number of aromatic nitrogens is 2. The number of rotatable bonds is 9. The van der Waals surface area contributed by atoms with Gasteiger partial charge in [0.2, 0.25) is 5.13 Å². The monoisotopic (exact) mass is 499 g/mol. The highest BCUT2D eigenvalue weighted by Gasteiger charge is 2.33. The van der Waals surface area contributed by atoms with E-state index in [0.29, 0.717) is 33.0 Å². The van der Waals surface area contributed by atoms with Gasteiger partial charge in [-0.2, -0.15) is 0 Å². The van der Waals surface area contributed by atoms with Crippen molar-refractivity contribution in [2.75, 3.05) is 17.7 Å². The number of anilines is 1. The van der Waals surface area contributed by atoms with Crippen molar-refractivity contribution in [1.82, 2.24) is 20.8 Å². The molecule has 1 aromatic heterocycles. The third-order valence-corrected chi connectivity index (χ3v) is 6.93. The van der Waals surface area contributed by atoms with Crippen LogP contribution in [-0.2, 0) is 16.1 Å². The number of hydrogen-bond acceptors (Lipinski definition) is 8. The zero-order valence-electron chi connectivity index (χ0n) is 18.2. The fourth-order valence-corrected chi connectivity index (χ4v) is 5.05. The number of thioether (sulfide) groups is 1. The van der Waals surface area contributed by atoms with Crippen LogP contribution in [0.15, 0.2) is 70.2 Å². The molecule has 0 spiro atoms. The van der Waals surface area contributed by atoms with Crippen LogP contribution in [0.3, 0.4) is 0 Å². The van der Waals surface area contributed by atoms with E-state index in [0.717, 1.165) is 11.1 Å². The van der Waals surface area contributed by atoms with Crippen molar-refractivity contribution in [3.05, 3.63) is 82.8 Å². The second-order valence-corrected chi connectivity index (χ2v) is 9.40. The molecule has 3 N–H and O–H groups in total. The minimum Gasteiger partial charge on any atom is -0.463 e. The molecule has 0 radical (unpaired) electrons. The number of benzene rings is 2. The van der Waals surface area contributed by atoms with Crippen molar-refractivity contribution in [2.45, 2.75) is 23.8 Å². The van der Waals surface area contributed by atoms with Gasteiger partial charge < -0.3 is 20.7 Å². The van der Waals surface area contributed by atoms with Gasteiger partial charge in [0.15, 0.2) is 4.34 Å². The van der Waals surface area contributed by atoms with Gasteiger partial charge >= 0.3 is 12.0 Å². The molecule has 0 saturated heterocycles. The van der Waals surface area contributed by atoms with E-state index in [1.165, 1.54) is 35.2 Å². The van der Waals surface area contributed by atoms with E-state index in [2.05, 4.69) is 26.1 Å². The maximum absolute atomic E-state index is 13.1. The predicted octanol–water partition coefficient (Wildman–Crippen LogP) is 4.25. The van der Waals surface area contributed by atoms with Crippen LogP contribution >= 0.6 is 23.1 Å². The lowest BCUT2D eigenvalue weighted by Crippen LogP contribution is -2.46. The van der Waals surface area contributed by atoms with Crippen molar-refractivity contribution in [3.8, 4) is 0 Å². The quantitative estimate of drug-likeness (QED) is 0.299. The van der Waals surface area contributed by atoms with Crippen LogP contribution in [-0.4, -0.2) is 34.6 Å². The molecule has 8 nitrogen and oxygen atoms in total. The summed E-state index contributed by atoms with van der Waals surface area (Å²) in [4.78, 5) is 25.2.